The largest absolute Gasteiger partial charge is 0.327 e. The molecule has 0 rings (SSSR count). The summed E-state index contributed by atoms with van der Waals surface area (Å²) in [6, 6.07) is 0.677. The van der Waals surface area contributed by atoms with Crippen LogP contribution in [-0.2, 0) is 0 Å². The zero-order valence-corrected chi connectivity index (χ0v) is 11.3. The summed E-state index contributed by atoms with van der Waals surface area (Å²) >= 11 is 1.89. The smallest absolute Gasteiger partial charge is 0.0290 e. The normalized spacial score (nSPS) is 17.1. The van der Waals surface area contributed by atoms with Gasteiger partial charge in [0.2, 0.25) is 0 Å². The molecule has 14 heavy (non-hydrogen) atoms. The van der Waals surface area contributed by atoms with Crippen molar-refractivity contribution in [2.75, 3.05) is 25.6 Å². The third-order valence-corrected chi connectivity index (χ3v) is 3.10. The van der Waals surface area contributed by atoms with E-state index in [0.717, 1.165) is 6.54 Å². The number of hydrogen-bond donors (Lipinski definition) is 1. The van der Waals surface area contributed by atoms with Crippen LogP contribution < -0.4 is 5.73 Å². The van der Waals surface area contributed by atoms with E-state index in [2.05, 4.69) is 45.9 Å². The Labute approximate surface area is 93.6 Å². The molecule has 0 saturated heterocycles. The first kappa shape index (κ1) is 14.3. The van der Waals surface area contributed by atoms with Gasteiger partial charge in [-0.15, -0.1) is 0 Å². The topological polar surface area (TPSA) is 29.3 Å². The third-order valence-electron chi connectivity index (χ3n) is 2.51. The third kappa shape index (κ3) is 4.67. The van der Waals surface area contributed by atoms with Crippen LogP contribution in [0.1, 0.15) is 27.7 Å². The molecule has 0 heterocycles. The molecular weight excluding hydrogens is 192 g/mol. The molecule has 0 fully saturated rings. The van der Waals surface area contributed by atoms with Crippen LogP contribution in [0.25, 0.3) is 0 Å². The van der Waals surface area contributed by atoms with E-state index in [9.17, 15) is 0 Å². The van der Waals surface area contributed by atoms with Crippen molar-refractivity contribution in [2.45, 2.75) is 39.8 Å². The van der Waals surface area contributed by atoms with Gasteiger partial charge in [0.05, 0.1) is 0 Å². The van der Waals surface area contributed by atoms with Crippen molar-refractivity contribution >= 4 is 11.8 Å². The van der Waals surface area contributed by atoms with Crippen LogP contribution in [0, 0.1) is 5.41 Å². The molecule has 0 amide bonds. The zero-order chi connectivity index (χ0) is 11.4. The van der Waals surface area contributed by atoms with Gasteiger partial charge in [-0.2, -0.15) is 11.8 Å². The van der Waals surface area contributed by atoms with E-state index in [1.54, 1.807) is 0 Å². The number of thioether (sulfide) groups is 1. The lowest BCUT2D eigenvalue weighted by molar-refractivity contribution is 0.113. The highest BCUT2D eigenvalue weighted by molar-refractivity contribution is 7.98. The Morgan fingerprint density at radius 1 is 1.36 bits per heavy atom. The Bertz CT molecular complexity index is 152. The van der Waals surface area contributed by atoms with Gasteiger partial charge < -0.3 is 10.6 Å². The SMILES string of the molecule is CSCCN(C)C(C(C)N)C(C)(C)C. The molecule has 2 nitrogen and oxygen atoms in total. The molecule has 0 bridgehead atoms. The minimum absolute atomic E-state index is 0.224. The predicted octanol–water partition coefficient (Wildman–Crippen LogP) is 2.04. The van der Waals surface area contributed by atoms with Gasteiger partial charge in [0.25, 0.3) is 0 Å². The second-order valence-corrected chi connectivity index (χ2v) is 6.13. The average molecular weight is 218 g/mol. The molecule has 0 saturated carbocycles. The van der Waals surface area contributed by atoms with Gasteiger partial charge in [-0.05, 0) is 25.6 Å². The Balaban J connectivity index is 4.34. The van der Waals surface area contributed by atoms with Crippen LogP contribution >= 0.6 is 11.8 Å². The van der Waals surface area contributed by atoms with Crippen LogP contribution in [0.5, 0.6) is 0 Å². The first-order valence-electron chi connectivity index (χ1n) is 5.25. The quantitative estimate of drug-likeness (QED) is 0.766. The van der Waals surface area contributed by atoms with Gasteiger partial charge in [-0.3, -0.25) is 0 Å². The van der Waals surface area contributed by atoms with E-state index >= 15 is 0 Å². The number of nitrogens with zero attached hydrogens (tertiary/aromatic N) is 1. The molecule has 3 heteroatoms. The number of hydrogen-bond acceptors (Lipinski definition) is 3. The Morgan fingerprint density at radius 2 is 1.86 bits per heavy atom. The van der Waals surface area contributed by atoms with Gasteiger partial charge >= 0.3 is 0 Å². The highest BCUT2D eigenvalue weighted by Gasteiger charge is 2.30. The summed E-state index contributed by atoms with van der Waals surface area (Å²) < 4.78 is 0. The van der Waals surface area contributed by atoms with Crippen molar-refractivity contribution in [3.05, 3.63) is 0 Å². The van der Waals surface area contributed by atoms with Crippen LogP contribution in [0.15, 0.2) is 0 Å². The monoisotopic (exact) mass is 218 g/mol. The fraction of sp³-hybridized carbons (Fsp3) is 1.00. The lowest BCUT2D eigenvalue weighted by atomic mass is 9.82. The molecule has 86 valence electrons. The summed E-state index contributed by atoms with van der Waals surface area (Å²) in [6.45, 7) is 10.00. The average Bonchev–Trinajstić information content (AvgIpc) is 1.97. The first-order valence-corrected chi connectivity index (χ1v) is 6.65. The molecule has 0 aromatic rings. The molecule has 2 unspecified atom stereocenters. The molecule has 0 radical (unpaired) electrons. The van der Waals surface area contributed by atoms with Crippen LogP contribution in [0.4, 0.5) is 0 Å². The minimum Gasteiger partial charge on any atom is -0.327 e. The highest BCUT2D eigenvalue weighted by atomic mass is 32.2. The summed E-state index contributed by atoms with van der Waals surface area (Å²) in [5, 5.41) is 0. The van der Waals surface area contributed by atoms with E-state index < -0.39 is 0 Å². The van der Waals surface area contributed by atoms with Gasteiger partial charge in [-0.25, -0.2) is 0 Å². The van der Waals surface area contributed by atoms with E-state index in [1.165, 1.54) is 5.75 Å². The molecule has 0 aromatic carbocycles. The van der Waals surface area contributed by atoms with Crippen LogP contribution in [0.3, 0.4) is 0 Å². The van der Waals surface area contributed by atoms with E-state index in [1.807, 2.05) is 11.8 Å². The molecule has 0 aliphatic carbocycles. The Morgan fingerprint density at radius 3 is 2.14 bits per heavy atom. The maximum absolute atomic E-state index is 6.05. The molecule has 2 N–H and O–H groups in total. The summed E-state index contributed by atoms with van der Waals surface area (Å²) in [5.41, 5.74) is 6.30. The van der Waals surface area contributed by atoms with Gasteiger partial charge in [0.15, 0.2) is 0 Å². The first-order chi connectivity index (χ1) is 6.30. The molecule has 0 aliphatic rings. The van der Waals surface area contributed by atoms with E-state index in [-0.39, 0.29) is 11.5 Å². The Kier molecular flexibility index (Phi) is 6.10. The molecule has 0 spiro atoms. The fourth-order valence-electron chi connectivity index (χ4n) is 2.23. The second kappa shape index (κ2) is 5.99. The summed E-state index contributed by atoms with van der Waals surface area (Å²) in [4.78, 5) is 2.39. The predicted molar refractivity (Wildman–Crippen MR) is 67.9 cm³/mol. The highest BCUT2D eigenvalue weighted by Crippen LogP contribution is 2.25. The molecule has 0 aromatic heterocycles. The van der Waals surface area contributed by atoms with Crippen LogP contribution in [0.2, 0.25) is 0 Å². The standard InChI is InChI=1S/C11H26N2S/c1-9(12)10(11(2,3)4)13(5)7-8-14-6/h9-10H,7-8,12H2,1-6H3. The van der Waals surface area contributed by atoms with Crippen molar-refractivity contribution < 1.29 is 0 Å². The summed E-state index contributed by atoms with van der Waals surface area (Å²) in [5.74, 6) is 1.18. The van der Waals surface area contributed by atoms with Crippen molar-refractivity contribution in [3.63, 3.8) is 0 Å². The lowest BCUT2D eigenvalue weighted by Gasteiger charge is -2.40. The maximum atomic E-state index is 6.05. The summed E-state index contributed by atoms with van der Waals surface area (Å²) in [6.07, 6.45) is 2.14. The van der Waals surface area contributed by atoms with Crippen molar-refractivity contribution in [3.8, 4) is 0 Å². The van der Waals surface area contributed by atoms with E-state index in [4.69, 9.17) is 5.73 Å². The van der Waals surface area contributed by atoms with Crippen LogP contribution in [-0.4, -0.2) is 42.6 Å². The number of rotatable bonds is 5. The van der Waals surface area contributed by atoms with Gasteiger partial charge in [-0.1, -0.05) is 20.8 Å². The Hall–Kier alpha value is 0.270. The van der Waals surface area contributed by atoms with E-state index in [0.29, 0.717) is 6.04 Å². The van der Waals surface area contributed by atoms with Crippen molar-refractivity contribution in [2.24, 2.45) is 11.1 Å². The summed E-state index contributed by atoms with van der Waals surface area (Å²) in [7, 11) is 2.18. The number of likely N-dealkylation sites (N-methyl/N-ethyl adjacent to an activating group) is 1. The van der Waals surface area contributed by atoms with Crippen molar-refractivity contribution in [1.29, 1.82) is 0 Å². The zero-order valence-electron chi connectivity index (χ0n) is 10.5. The molecular formula is C11H26N2S. The molecule has 2 atom stereocenters. The fourth-order valence-corrected chi connectivity index (χ4v) is 2.70. The maximum Gasteiger partial charge on any atom is 0.0290 e. The second-order valence-electron chi connectivity index (χ2n) is 5.14. The van der Waals surface area contributed by atoms with Crippen molar-refractivity contribution in [1.82, 2.24) is 4.90 Å². The lowest BCUT2D eigenvalue weighted by Crippen LogP contribution is -2.52. The van der Waals surface area contributed by atoms with Gasteiger partial charge in [0, 0.05) is 24.4 Å². The number of nitrogens with two attached hydrogens (primary N) is 1. The van der Waals surface area contributed by atoms with Gasteiger partial charge in [0.1, 0.15) is 0 Å². The minimum atomic E-state index is 0.224. The molecule has 0 aliphatic heterocycles.